The van der Waals surface area contributed by atoms with Gasteiger partial charge in [-0.15, -0.1) is 11.3 Å². The van der Waals surface area contributed by atoms with Crippen LogP contribution in [0.4, 0.5) is 0 Å². The Kier molecular flexibility index (Phi) is 4.74. The van der Waals surface area contributed by atoms with Gasteiger partial charge in [0.25, 0.3) is 0 Å². The highest BCUT2D eigenvalue weighted by molar-refractivity contribution is 7.18. The molecule has 0 radical (unpaired) electrons. The summed E-state index contributed by atoms with van der Waals surface area (Å²) in [5.74, 6) is -0.0795. The number of carbonyl (C=O) groups is 1. The number of hydrogen-bond donors (Lipinski definition) is 0. The Morgan fingerprint density at radius 2 is 1.96 bits per heavy atom. The summed E-state index contributed by atoms with van der Waals surface area (Å²) >= 11 is 7.69. The third-order valence-corrected chi connectivity index (χ3v) is 4.76. The normalized spacial score (nSPS) is 11.2. The number of carbonyl (C=O) groups excluding carboxylic acids is 1. The molecule has 0 aliphatic rings. The summed E-state index contributed by atoms with van der Waals surface area (Å²) in [5, 5.41) is 1.55. The van der Waals surface area contributed by atoms with Crippen molar-refractivity contribution in [1.29, 1.82) is 0 Å². The maximum absolute atomic E-state index is 12.2. The topological polar surface area (TPSA) is 33.2 Å². The van der Waals surface area contributed by atoms with Crippen molar-refractivity contribution in [2.45, 2.75) is 6.54 Å². The molecule has 5 heteroatoms. The van der Waals surface area contributed by atoms with Crippen LogP contribution < -0.4 is 0 Å². The molecule has 0 atom stereocenters. The van der Waals surface area contributed by atoms with Crippen LogP contribution in [0.2, 0.25) is 5.02 Å². The van der Waals surface area contributed by atoms with Crippen LogP contribution in [0, 0.1) is 0 Å². The maximum Gasteiger partial charge on any atom is 0.246 e. The quantitative estimate of drug-likeness (QED) is 0.648. The minimum absolute atomic E-state index is 0.0795. The van der Waals surface area contributed by atoms with Gasteiger partial charge in [0, 0.05) is 18.1 Å². The van der Waals surface area contributed by atoms with Gasteiger partial charge in [-0.3, -0.25) is 4.79 Å². The number of nitrogens with zero attached hydrogens (tertiary/aromatic N) is 2. The summed E-state index contributed by atoms with van der Waals surface area (Å²) in [4.78, 5) is 18.4. The second-order valence-corrected chi connectivity index (χ2v) is 6.65. The van der Waals surface area contributed by atoms with E-state index in [1.165, 1.54) is 6.08 Å². The molecular formula is C18H15ClN2OS. The van der Waals surface area contributed by atoms with Crippen molar-refractivity contribution in [2.75, 3.05) is 7.05 Å². The van der Waals surface area contributed by atoms with Gasteiger partial charge in [0.15, 0.2) is 0 Å². The molecule has 0 N–H and O–H groups in total. The number of para-hydroxylation sites is 1. The first kappa shape index (κ1) is 15.7. The standard InChI is InChI=1S/C18H15ClN2OS/c1-21(12-17-20-15-8-4-5-9-16(15)23-17)18(22)11-10-13-6-2-3-7-14(13)19/h2-11H,12H2,1H3/b11-10+. The van der Waals surface area contributed by atoms with Crippen molar-refractivity contribution < 1.29 is 4.79 Å². The second-order valence-electron chi connectivity index (χ2n) is 5.12. The Morgan fingerprint density at radius 1 is 1.22 bits per heavy atom. The summed E-state index contributed by atoms with van der Waals surface area (Å²) in [6.45, 7) is 0.491. The molecular weight excluding hydrogens is 328 g/mol. The predicted molar refractivity (Wildman–Crippen MR) is 96.6 cm³/mol. The van der Waals surface area contributed by atoms with Crippen LogP contribution in [-0.2, 0) is 11.3 Å². The molecule has 0 spiro atoms. The van der Waals surface area contributed by atoms with E-state index in [-0.39, 0.29) is 5.91 Å². The molecule has 0 saturated heterocycles. The highest BCUT2D eigenvalue weighted by atomic mass is 35.5. The summed E-state index contributed by atoms with van der Waals surface area (Å²) in [7, 11) is 1.77. The first-order valence-corrected chi connectivity index (χ1v) is 8.35. The lowest BCUT2D eigenvalue weighted by atomic mass is 10.2. The molecule has 1 heterocycles. The van der Waals surface area contributed by atoms with E-state index in [1.807, 2.05) is 42.5 Å². The molecule has 0 aliphatic carbocycles. The first-order chi connectivity index (χ1) is 11.1. The number of thiazole rings is 1. The monoisotopic (exact) mass is 342 g/mol. The lowest BCUT2D eigenvalue weighted by Gasteiger charge is -2.12. The molecule has 1 aromatic heterocycles. The number of likely N-dealkylation sites (N-methyl/N-ethyl adjacent to an activating group) is 1. The zero-order chi connectivity index (χ0) is 16.2. The maximum atomic E-state index is 12.2. The van der Waals surface area contributed by atoms with Crippen molar-refractivity contribution >= 4 is 45.1 Å². The average Bonchev–Trinajstić information content (AvgIpc) is 2.96. The zero-order valence-corrected chi connectivity index (χ0v) is 14.1. The van der Waals surface area contributed by atoms with Gasteiger partial charge in [-0.05, 0) is 29.8 Å². The molecule has 2 aromatic carbocycles. The fourth-order valence-electron chi connectivity index (χ4n) is 2.17. The first-order valence-electron chi connectivity index (χ1n) is 7.15. The lowest BCUT2D eigenvalue weighted by Crippen LogP contribution is -2.23. The molecule has 116 valence electrons. The smallest absolute Gasteiger partial charge is 0.246 e. The minimum Gasteiger partial charge on any atom is -0.335 e. The van der Waals surface area contributed by atoms with Gasteiger partial charge < -0.3 is 4.90 Å². The predicted octanol–water partition coefficient (Wildman–Crippen LogP) is 4.62. The van der Waals surface area contributed by atoms with Gasteiger partial charge in [-0.1, -0.05) is 41.9 Å². The van der Waals surface area contributed by atoms with E-state index < -0.39 is 0 Å². The number of hydrogen-bond acceptors (Lipinski definition) is 3. The number of halogens is 1. The van der Waals surface area contributed by atoms with Gasteiger partial charge >= 0.3 is 0 Å². The van der Waals surface area contributed by atoms with Gasteiger partial charge in [-0.2, -0.15) is 0 Å². The van der Waals surface area contributed by atoms with Crippen molar-refractivity contribution in [3.05, 3.63) is 70.2 Å². The van der Waals surface area contributed by atoms with Crippen LogP contribution in [0.25, 0.3) is 16.3 Å². The SMILES string of the molecule is CN(Cc1nc2ccccc2s1)C(=O)/C=C/c1ccccc1Cl. The van der Waals surface area contributed by atoms with Crippen molar-refractivity contribution in [3.8, 4) is 0 Å². The average molecular weight is 343 g/mol. The van der Waals surface area contributed by atoms with Crippen LogP contribution in [0.15, 0.2) is 54.6 Å². The molecule has 3 nitrogen and oxygen atoms in total. The van der Waals surface area contributed by atoms with Gasteiger partial charge in [0.2, 0.25) is 5.91 Å². The van der Waals surface area contributed by atoms with E-state index in [9.17, 15) is 4.79 Å². The largest absolute Gasteiger partial charge is 0.335 e. The fraction of sp³-hybridized carbons (Fsp3) is 0.111. The van der Waals surface area contributed by atoms with E-state index in [4.69, 9.17) is 11.6 Å². The lowest BCUT2D eigenvalue weighted by molar-refractivity contribution is -0.125. The van der Waals surface area contributed by atoms with Crippen LogP contribution in [0.5, 0.6) is 0 Å². The Hall–Kier alpha value is -2.17. The molecule has 0 saturated carbocycles. The van der Waals surface area contributed by atoms with Crippen LogP contribution in [0.3, 0.4) is 0 Å². The molecule has 23 heavy (non-hydrogen) atoms. The molecule has 3 aromatic rings. The fourth-order valence-corrected chi connectivity index (χ4v) is 3.39. The molecule has 0 fully saturated rings. The number of aromatic nitrogens is 1. The highest BCUT2D eigenvalue weighted by Crippen LogP contribution is 2.22. The van der Waals surface area contributed by atoms with Crippen LogP contribution in [0.1, 0.15) is 10.6 Å². The summed E-state index contributed by atoms with van der Waals surface area (Å²) in [5.41, 5.74) is 1.80. The third kappa shape index (κ3) is 3.78. The number of fused-ring (bicyclic) bond motifs is 1. The summed E-state index contributed by atoms with van der Waals surface area (Å²) in [6.07, 6.45) is 3.27. The Labute approximate surface area is 143 Å². The van der Waals surface area contributed by atoms with Gasteiger partial charge in [-0.25, -0.2) is 4.98 Å². The second kappa shape index (κ2) is 6.94. The van der Waals surface area contributed by atoms with Crippen LogP contribution in [-0.4, -0.2) is 22.8 Å². The highest BCUT2D eigenvalue weighted by Gasteiger charge is 2.10. The minimum atomic E-state index is -0.0795. The number of benzene rings is 2. The molecule has 0 aliphatic heterocycles. The summed E-state index contributed by atoms with van der Waals surface area (Å²) in [6, 6.07) is 15.4. The number of amides is 1. The van der Waals surface area contributed by atoms with E-state index in [2.05, 4.69) is 4.98 Å². The van der Waals surface area contributed by atoms with E-state index in [0.29, 0.717) is 11.6 Å². The Bertz CT molecular complexity index is 839. The molecule has 3 rings (SSSR count). The van der Waals surface area contributed by atoms with Crippen LogP contribution >= 0.6 is 22.9 Å². The third-order valence-electron chi connectivity index (χ3n) is 3.40. The van der Waals surface area contributed by atoms with Gasteiger partial charge in [0.1, 0.15) is 5.01 Å². The van der Waals surface area contributed by atoms with Gasteiger partial charge in [0.05, 0.1) is 16.8 Å². The van der Waals surface area contributed by atoms with Crippen molar-refractivity contribution in [1.82, 2.24) is 9.88 Å². The van der Waals surface area contributed by atoms with Crippen molar-refractivity contribution in [2.24, 2.45) is 0 Å². The van der Waals surface area contributed by atoms with E-state index >= 15 is 0 Å². The molecule has 1 amide bonds. The zero-order valence-electron chi connectivity index (χ0n) is 12.6. The molecule has 0 bridgehead atoms. The van der Waals surface area contributed by atoms with E-state index in [1.54, 1.807) is 35.4 Å². The number of rotatable bonds is 4. The summed E-state index contributed by atoms with van der Waals surface area (Å²) < 4.78 is 1.13. The Balaban J connectivity index is 1.69. The molecule has 0 unspecified atom stereocenters. The van der Waals surface area contributed by atoms with Crippen molar-refractivity contribution in [3.63, 3.8) is 0 Å². The van der Waals surface area contributed by atoms with E-state index in [0.717, 1.165) is 20.8 Å². The Morgan fingerprint density at radius 3 is 2.74 bits per heavy atom.